The molecular weight excluding hydrogens is 309 g/mol. The molecule has 4 N–H and O–H groups in total. The fourth-order valence-electron chi connectivity index (χ4n) is 2.19. The van der Waals surface area contributed by atoms with E-state index in [1.54, 1.807) is 0 Å². The number of aryl methyl sites for hydroxylation is 1. The number of pyridine rings is 1. The second-order valence-electron chi connectivity index (χ2n) is 6.72. The SMILES string of the molecule is C=C[C@@](C)(CC)CCn1ccc2c(N)ncc(F)c21.CC(C)(O)O. The van der Waals surface area contributed by atoms with E-state index in [1.807, 2.05) is 22.9 Å². The monoisotopic (exact) mass is 337 g/mol. The minimum absolute atomic E-state index is 0.0750. The average molecular weight is 337 g/mol. The summed E-state index contributed by atoms with van der Waals surface area (Å²) >= 11 is 0. The summed E-state index contributed by atoms with van der Waals surface area (Å²) in [5.41, 5.74) is 6.38. The zero-order chi connectivity index (χ0) is 18.5. The molecule has 6 heteroatoms. The van der Waals surface area contributed by atoms with Gasteiger partial charge in [0.1, 0.15) is 5.82 Å². The zero-order valence-corrected chi connectivity index (χ0v) is 14.9. The molecule has 0 spiro atoms. The van der Waals surface area contributed by atoms with Crippen LogP contribution in [0.4, 0.5) is 10.2 Å². The van der Waals surface area contributed by atoms with Gasteiger partial charge in [-0.1, -0.05) is 19.9 Å². The van der Waals surface area contributed by atoms with Gasteiger partial charge in [-0.25, -0.2) is 9.37 Å². The van der Waals surface area contributed by atoms with Crippen LogP contribution in [0.2, 0.25) is 0 Å². The van der Waals surface area contributed by atoms with E-state index in [0.717, 1.165) is 19.4 Å². The Kier molecular flexibility index (Phi) is 6.51. The summed E-state index contributed by atoms with van der Waals surface area (Å²) in [6.07, 6.45) is 6.96. The molecule has 0 unspecified atom stereocenters. The van der Waals surface area contributed by atoms with E-state index in [0.29, 0.717) is 16.7 Å². The van der Waals surface area contributed by atoms with E-state index in [4.69, 9.17) is 15.9 Å². The van der Waals surface area contributed by atoms with Crippen molar-refractivity contribution in [2.45, 2.75) is 52.9 Å². The van der Waals surface area contributed by atoms with Crippen LogP contribution in [0.5, 0.6) is 0 Å². The molecular formula is C18H28FN3O2. The van der Waals surface area contributed by atoms with Crippen LogP contribution < -0.4 is 5.73 Å². The standard InChI is InChI=1S/C15H20FN3.C3H8O2/c1-4-15(3,5-2)7-9-19-8-6-11-13(19)12(16)10-18-14(11)17;1-3(2,4)5/h4,6,8,10H,1,5,7,9H2,2-3H3,(H2,17,18);4-5H,1-2H3/t15-;/m0./s1. The van der Waals surface area contributed by atoms with Gasteiger partial charge in [0.15, 0.2) is 11.6 Å². The third-order valence-electron chi connectivity index (χ3n) is 4.01. The number of nitrogens with zero attached hydrogens (tertiary/aromatic N) is 2. The van der Waals surface area contributed by atoms with Gasteiger partial charge in [0, 0.05) is 18.1 Å². The minimum Gasteiger partial charge on any atom is -0.383 e. The molecule has 0 aliphatic heterocycles. The molecule has 134 valence electrons. The number of allylic oxidation sites excluding steroid dienone is 1. The highest BCUT2D eigenvalue weighted by molar-refractivity contribution is 5.89. The van der Waals surface area contributed by atoms with Crippen molar-refractivity contribution in [1.29, 1.82) is 0 Å². The van der Waals surface area contributed by atoms with Crippen LogP contribution in [0.1, 0.15) is 40.5 Å². The van der Waals surface area contributed by atoms with Gasteiger partial charge in [0.05, 0.1) is 11.7 Å². The highest BCUT2D eigenvalue weighted by Crippen LogP contribution is 2.29. The fraction of sp³-hybridized carbons (Fsp3) is 0.500. The first-order valence-corrected chi connectivity index (χ1v) is 7.98. The Bertz CT molecular complexity index is 685. The number of anilines is 1. The molecule has 1 atom stereocenters. The van der Waals surface area contributed by atoms with E-state index in [-0.39, 0.29) is 11.2 Å². The second-order valence-corrected chi connectivity index (χ2v) is 6.72. The average Bonchev–Trinajstić information content (AvgIpc) is 2.92. The summed E-state index contributed by atoms with van der Waals surface area (Å²) < 4.78 is 15.8. The van der Waals surface area contributed by atoms with Crippen LogP contribution in [-0.4, -0.2) is 25.6 Å². The lowest BCUT2D eigenvalue weighted by Crippen LogP contribution is -2.15. The van der Waals surface area contributed by atoms with Crippen LogP contribution in [0.25, 0.3) is 10.9 Å². The molecule has 5 nitrogen and oxygen atoms in total. The number of rotatable bonds is 5. The molecule has 0 radical (unpaired) electrons. The van der Waals surface area contributed by atoms with Gasteiger partial charge in [-0.15, -0.1) is 6.58 Å². The number of hydrogen-bond acceptors (Lipinski definition) is 4. The molecule has 0 saturated heterocycles. The molecule has 0 amide bonds. The summed E-state index contributed by atoms with van der Waals surface area (Å²) in [6, 6.07) is 1.82. The molecule has 0 fully saturated rings. The minimum atomic E-state index is -1.50. The number of fused-ring (bicyclic) bond motifs is 1. The lowest BCUT2D eigenvalue weighted by atomic mass is 9.84. The van der Waals surface area contributed by atoms with Crippen molar-refractivity contribution < 1.29 is 14.6 Å². The van der Waals surface area contributed by atoms with Gasteiger partial charge in [-0.05, 0) is 38.2 Å². The van der Waals surface area contributed by atoms with E-state index in [2.05, 4.69) is 25.4 Å². The van der Waals surface area contributed by atoms with Crippen LogP contribution >= 0.6 is 0 Å². The Balaban J connectivity index is 0.000000505. The number of aromatic nitrogens is 2. The lowest BCUT2D eigenvalue weighted by Gasteiger charge is -2.24. The quantitative estimate of drug-likeness (QED) is 0.576. The molecule has 0 bridgehead atoms. The molecule has 2 heterocycles. The summed E-state index contributed by atoms with van der Waals surface area (Å²) in [7, 11) is 0. The van der Waals surface area contributed by atoms with Crippen LogP contribution in [0.15, 0.2) is 31.1 Å². The van der Waals surface area contributed by atoms with Gasteiger partial charge in [-0.3, -0.25) is 0 Å². The summed E-state index contributed by atoms with van der Waals surface area (Å²) in [4.78, 5) is 3.83. The number of hydrogen-bond donors (Lipinski definition) is 3. The van der Waals surface area contributed by atoms with Gasteiger partial charge < -0.3 is 20.5 Å². The first-order valence-electron chi connectivity index (χ1n) is 7.98. The van der Waals surface area contributed by atoms with Crippen molar-refractivity contribution in [1.82, 2.24) is 9.55 Å². The fourth-order valence-corrected chi connectivity index (χ4v) is 2.19. The smallest absolute Gasteiger partial charge is 0.165 e. The molecule has 0 saturated carbocycles. The van der Waals surface area contributed by atoms with Crippen LogP contribution in [0, 0.1) is 11.2 Å². The zero-order valence-electron chi connectivity index (χ0n) is 14.9. The Morgan fingerprint density at radius 3 is 2.46 bits per heavy atom. The molecule has 0 aliphatic rings. The molecule has 2 rings (SSSR count). The van der Waals surface area contributed by atoms with Crippen LogP contribution in [-0.2, 0) is 6.54 Å². The van der Waals surface area contributed by atoms with E-state index in [1.165, 1.54) is 20.0 Å². The highest BCUT2D eigenvalue weighted by atomic mass is 19.1. The third kappa shape index (κ3) is 5.62. The molecule has 24 heavy (non-hydrogen) atoms. The van der Waals surface area contributed by atoms with Crippen molar-refractivity contribution in [3.05, 3.63) is 36.9 Å². The largest absolute Gasteiger partial charge is 0.383 e. The third-order valence-corrected chi connectivity index (χ3v) is 4.01. The number of nitrogens with two attached hydrogens (primary N) is 1. The summed E-state index contributed by atoms with van der Waals surface area (Å²) in [5, 5.41) is 16.8. The first kappa shape index (κ1) is 20.1. The first-order chi connectivity index (χ1) is 11.0. The van der Waals surface area contributed by atoms with Crippen molar-refractivity contribution in [3.8, 4) is 0 Å². The Hall–Kier alpha value is -1.92. The molecule has 0 aliphatic carbocycles. The van der Waals surface area contributed by atoms with E-state index in [9.17, 15) is 4.39 Å². The lowest BCUT2D eigenvalue weighted by molar-refractivity contribution is -0.127. The Morgan fingerprint density at radius 1 is 1.38 bits per heavy atom. The van der Waals surface area contributed by atoms with Crippen molar-refractivity contribution >= 4 is 16.7 Å². The molecule has 2 aromatic heterocycles. The maximum atomic E-state index is 13.9. The predicted molar refractivity (Wildman–Crippen MR) is 95.8 cm³/mol. The topological polar surface area (TPSA) is 84.3 Å². The molecule has 2 aromatic rings. The van der Waals surface area contributed by atoms with Crippen molar-refractivity contribution in [2.75, 3.05) is 5.73 Å². The van der Waals surface area contributed by atoms with Crippen LogP contribution in [0.3, 0.4) is 0 Å². The summed E-state index contributed by atoms with van der Waals surface area (Å²) in [6.45, 7) is 11.5. The Labute approximate surface area is 142 Å². The van der Waals surface area contributed by atoms with Gasteiger partial charge in [-0.2, -0.15) is 0 Å². The van der Waals surface area contributed by atoms with E-state index < -0.39 is 5.79 Å². The van der Waals surface area contributed by atoms with Gasteiger partial charge in [0.2, 0.25) is 0 Å². The van der Waals surface area contributed by atoms with Gasteiger partial charge in [0.25, 0.3) is 0 Å². The second kappa shape index (κ2) is 7.77. The predicted octanol–water partition coefficient (Wildman–Crippen LogP) is 3.46. The number of halogens is 1. The van der Waals surface area contributed by atoms with Gasteiger partial charge >= 0.3 is 0 Å². The number of aliphatic hydroxyl groups is 2. The normalized spacial score (nSPS) is 14.0. The maximum Gasteiger partial charge on any atom is 0.165 e. The Morgan fingerprint density at radius 2 is 1.96 bits per heavy atom. The summed E-state index contributed by atoms with van der Waals surface area (Å²) in [5.74, 6) is -1.46. The maximum absolute atomic E-state index is 13.9. The van der Waals surface area contributed by atoms with Crippen molar-refractivity contribution in [3.63, 3.8) is 0 Å². The van der Waals surface area contributed by atoms with Crippen molar-refractivity contribution in [2.24, 2.45) is 5.41 Å². The number of nitrogen functional groups attached to an aromatic ring is 1. The highest BCUT2D eigenvalue weighted by Gasteiger charge is 2.18. The van der Waals surface area contributed by atoms with E-state index >= 15 is 0 Å². The molecule has 0 aromatic carbocycles.